The first kappa shape index (κ1) is 27.7. The predicted molar refractivity (Wildman–Crippen MR) is 140 cm³/mol. The van der Waals surface area contributed by atoms with E-state index in [1.165, 1.54) is 24.1 Å². The number of fused-ring (bicyclic) bond motifs is 1. The highest BCUT2D eigenvalue weighted by atomic mass is 35.5. The average Bonchev–Trinajstić information content (AvgIpc) is 2.89. The number of pyridine rings is 1. The minimum atomic E-state index is -0.744. The van der Waals surface area contributed by atoms with Crippen LogP contribution in [0.1, 0.15) is 25.3 Å². The third kappa shape index (κ3) is 8.04. The van der Waals surface area contributed by atoms with E-state index in [4.69, 9.17) is 16.3 Å². The lowest BCUT2D eigenvalue weighted by atomic mass is 10.1. The second-order valence-corrected chi connectivity index (χ2v) is 8.65. The van der Waals surface area contributed by atoms with E-state index in [0.717, 1.165) is 10.8 Å². The third-order valence-corrected chi connectivity index (χ3v) is 6.10. The normalized spacial score (nSPS) is 11.5. The van der Waals surface area contributed by atoms with Gasteiger partial charge in [0.15, 0.2) is 0 Å². The second kappa shape index (κ2) is 13.4. The first-order valence-electron chi connectivity index (χ1n) is 11.8. The number of anilines is 1. The molecule has 1 heterocycles. The van der Waals surface area contributed by atoms with Crippen molar-refractivity contribution < 1.29 is 23.5 Å². The summed E-state index contributed by atoms with van der Waals surface area (Å²) in [7, 11) is 1.52. The van der Waals surface area contributed by atoms with Crippen LogP contribution < -0.4 is 16.0 Å². The van der Waals surface area contributed by atoms with Crippen LogP contribution in [-0.2, 0) is 16.1 Å². The van der Waals surface area contributed by atoms with E-state index in [1.54, 1.807) is 25.3 Å². The summed E-state index contributed by atoms with van der Waals surface area (Å²) in [6.45, 7) is 2.12. The summed E-state index contributed by atoms with van der Waals surface area (Å²) in [5.74, 6) is -0.444. The Balaban J connectivity index is 1.61. The van der Waals surface area contributed by atoms with E-state index < -0.39 is 24.0 Å². The molecule has 1 atom stereocenters. The number of urea groups is 1. The summed E-state index contributed by atoms with van der Waals surface area (Å²) >= 11 is 5.96. The number of nitrogens with one attached hydrogen (secondary N) is 3. The number of benzene rings is 2. The van der Waals surface area contributed by atoms with Crippen molar-refractivity contribution >= 4 is 46.2 Å². The molecule has 37 heavy (non-hydrogen) atoms. The van der Waals surface area contributed by atoms with Crippen LogP contribution in [0, 0.1) is 5.82 Å². The molecule has 11 heteroatoms. The number of ether oxygens (including phenoxy) is 1. The molecule has 0 saturated carbocycles. The topological polar surface area (TPSA) is 113 Å². The number of hydrogen-bond acceptors (Lipinski definition) is 5. The molecule has 4 amide bonds. The largest absolute Gasteiger partial charge is 0.447 e. The molecule has 0 aliphatic carbocycles. The molecule has 0 aliphatic heterocycles. The summed E-state index contributed by atoms with van der Waals surface area (Å²) in [6.07, 6.45) is 1.27. The molecule has 9 nitrogen and oxygen atoms in total. The number of aromatic nitrogens is 1. The zero-order valence-corrected chi connectivity index (χ0v) is 21.3. The van der Waals surface area contributed by atoms with E-state index in [-0.39, 0.29) is 36.9 Å². The maximum Gasteiger partial charge on any atom is 0.412 e. The van der Waals surface area contributed by atoms with E-state index in [9.17, 15) is 18.8 Å². The number of likely N-dealkylation sites (N-methyl/N-ethyl adjacent to an activating group) is 1. The van der Waals surface area contributed by atoms with Crippen molar-refractivity contribution in [2.45, 2.75) is 32.4 Å². The monoisotopic (exact) mass is 529 g/mol. The summed E-state index contributed by atoms with van der Waals surface area (Å²) in [5.41, 5.74) is 0.417. The molecule has 0 radical (unpaired) electrons. The van der Waals surface area contributed by atoms with E-state index in [1.807, 2.05) is 24.3 Å². The summed E-state index contributed by atoms with van der Waals surface area (Å²) in [4.78, 5) is 42.8. The van der Waals surface area contributed by atoms with E-state index in [2.05, 4.69) is 20.9 Å². The van der Waals surface area contributed by atoms with Gasteiger partial charge in [-0.2, -0.15) is 0 Å². The second-order valence-electron chi connectivity index (χ2n) is 8.27. The van der Waals surface area contributed by atoms with Gasteiger partial charge in [0.05, 0.1) is 11.1 Å². The maximum atomic E-state index is 13.7. The number of amides is 4. The van der Waals surface area contributed by atoms with Gasteiger partial charge in [-0.3, -0.25) is 10.1 Å². The zero-order valence-electron chi connectivity index (χ0n) is 20.6. The Bertz CT molecular complexity index is 1260. The maximum absolute atomic E-state index is 13.7. The van der Waals surface area contributed by atoms with Gasteiger partial charge in [-0.1, -0.05) is 48.0 Å². The van der Waals surface area contributed by atoms with Crippen molar-refractivity contribution in [1.29, 1.82) is 0 Å². The van der Waals surface area contributed by atoms with Gasteiger partial charge < -0.3 is 20.3 Å². The van der Waals surface area contributed by atoms with Gasteiger partial charge in [-0.15, -0.1) is 0 Å². The van der Waals surface area contributed by atoms with Crippen molar-refractivity contribution in [1.82, 2.24) is 20.5 Å². The lowest BCUT2D eigenvalue weighted by Gasteiger charge is -2.28. The van der Waals surface area contributed by atoms with Crippen LogP contribution in [0.25, 0.3) is 10.8 Å². The molecule has 0 saturated heterocycles. The average molecular weight is 530 g/mol. The predicted octanol–water partition coefficient (Wildman–Crippen LogP) is 4.70. The number of hydrogen-bond donors (Lipinski definition) is 3. The fourth-order valence-electron chi connectivity index (χ4n) is 3.58. The SMILES string of the molecule is CCNC(=O)CC[C@@H](COC(=O)Nc1cc2ccccc2cn1)N(C)C(=O)NCc1cccc(F)c1Cl. The molecule has 196 valence electrons. The van der Waals surface area contributed by atoms with Crippen molar-refractivity contribution in [2.24, 2.45) is 0 Å². The highest BCUT2D eigenvalue weighted by molar-refractivity contribution is 6.31. The molecule has 0 unspecified atom stereocenters. The van der Waals surface area contributed by atoms with E-state index in [0.29, 0.717) is 17.9 Å². The van der Waals surface area contributed by atoms with Gasteiger partial charge in [-0.05, 0) is 36.4 Å². The summed E-state index contributed by atoms with van der Waals surface area (Å²) < 4.78 is 19.1. The molecule has 0 spiro atoms. The van der Waals surface area contributed by atoms with E-state index >= 15 is 0 Å². The Morgan fingerprint density at radius 1 is 1.11 bits per heavy atom. The Kier molecular flexibility index (Phi) is 10.0. The number of halogens is 2. The van der Waals surface area contributed by atoms with Crippen LogP contribution in [0.3, 0.4) is 0 Å². The smallest absolute Gasteiger partial charge is 0.412 e. The van der Waals surface area contributed by atoms with Crippen LogP contribution in [0.2, 0.25) is 5.02 Å². The lowest BCUT2D eigenvalue weighted by molar-refractivity contribution is -0.121. The number of carbonyl (C=O) groups is 3. The Morgan fingerprint density at radius 2 is 1.86 bits per heavy atom. The molecule has 0 aliphatic rings. The van der Waals surface area contributed by atoms with Gasteiger partial charge in [0.2, 0.25) is 5.91 Å². The minimum absolute atomic E-state index is 0.00220. The zero-order chi connectivity index (χ0) is 26.8. The molecule has 2 aromatic carbocycles. The summed E-state index contributed by atoms with van der Waals surface area (Å²) in [6, 6.07) is 12.5. The fraction of sp³-hybridized carbons (Fsp3) is 0.308. The Hall–Kier alpha value is -3.92. The molecule has 3 aromatic rings. The van der Waals surface area contributed by atoms with Crippen molar-refractivity contribution in [3.8, 4) is 0 Å². The van der Waals surface area contributed by atoms with Crippen LogP contribution >= 0.6 is 11.6 Å². The highest BCUT2D eigenvalue weighted by Crippen LogP contribution is 2.20. The van der Waals surface area contributed by atoms with Crippen LogP contribution in [0.5, 0.6) is 0 Å². The van der Waals surface area contributed by atoms with Gasteiger partial charge in [-0.25, -0.2) is 19.0 Å². The molecule has 3 N–H and O–H groups in total. The van der Waals surface area contributed by atoms with Crippen LogP contribution in [-0.4, -0.2) is 54.2 Å². The van der Waals surface area contributed by atoms with Crippen LogP contribution in [0.4, 0.5) is 19.8 Å². The van der Waals surface area contributed by atoms with Gasteiger partial charge in [0.1, 0.15) is 18.2 Å². The number of carbonyl (C=O) groups excluding carboxylic acids is 3. The minimum Gasteiger partial charge on any atom is -0.447 e. The standard InChI is InChI=1S/C26H29ClFN5O4/c1-3-29-23(34)12-11-20(33(2)25(35)31-15-19-9-6-10-21(28)24(19)27)16-37-26(36)32-22-13-17-7-4-5-8-18(17)14-30-22/h4-10,13-14,20H,3,11-12,15-16H2,1-2H3,(H,29,34)(H,31,35)(H,30,32,36)/t20-/m0/s1. The molecule has 0 fully saturated rings. The van der Waals surface area contributed by atoms with Crippen LogP contribution in [0.15, 0.2) is 54.7 Å². The number of nitrogens with zero attached hydrogens (tertiary/aromatic N) is 2. The first-order chi connectivity index (χ1) is 17.8. The molecular formula is C26H29ClFN5O4. The molecule has 3 rings (SSSR count). The Morgan fingerprint density at radius 3 is 2.62 bits per heavy atom. The Labute approximate surface area is 219 Å². The summed E-state index contributed by atoms with van der Waals surface area (Å²) in [5, 5.41) is 9.72. The first-order valence-corrected chi connectivity index (χ1v) is 12.1. The quantitative estimate of drug-likeness (QED) is 0.352. The van der Waals surface area contributed by atoms with Gasteiger partial charge in [0.25, 0.3) is 0 Å². The highest BCUT2D eigenvalue weighted by Gasteiger charge is 2.23. The molecule has 1 aromatic heterocycles. The molecular weight excluding hydrogens is 501 g/mol. The molecule has 0 bridgehead atoms. The van der Waals surface area contributed by atoms with Gasteiger partial charge in [0, 0.05) is 38.1 Å². The third-order valence-electron chi connectivity index (χ3n) is 5.68. The van der Waals surface area contributed by atoms with Crippen molar-refractivity contribution in [2.75, 3.05) is 25.5 Å². The fourth-order valence-corrected chi connectivity index (χ4v) is 3.78. The number of rotatable bonds is 10. The van der Waals surface area contributed by atoms with Crippen molar-refractivity contribution in [3.05, 3.63) is 71.1 Å². The van der Waals surface area contributed by atoms with Gasteiger partial charge >= 0.3 is 12.1 Å². The lowest BCUT2D eigenvalue weighted by Crippen LogP contribution is -2.46. The van der Waals surface area contributed by atoms with Crippen molar-refractivity contribution in [3.63, 3.8) is 0 Å².